The lowest BCUT2D eigenvalue weighted by Crippen LogP contribution is -2.43. The van der Waals surface area contributed by atoms with Crippen LogP contribution in [0.3, 0.4) is 0 Å². The highest BCUT2D eigenvalue weighted by atomic mass is 16.5. The number of nitrogens with two attached hydrogens (primary N) is 1. The minimum absolute atomic E-state index is 0.0191. The average molecular weight is 262 g/mol. The number of carbonyl (C=O) groups excluding carboxylic acids is 1. The van der Waals surface area contributed by atoms with Gasteiger partial charge in [-0.3, -0.25) is 4.79 Å². The van der Waals surface area contributed by atoms with Gasteiger partial charge in [0.15, 0.2) is 0 Å². The van der Waals surface area contributed by atoms with Crippen molar-refractivity contribution in [1.82, 2.24) is 4.90 Å². The third kappa shape index (κ3) is 3.26. The Hall–Kier alpha value is -1.55. The zero-order valence-electron chi connectivity index (χ0n) is 11.7. The first kappa shape index (κ1) is 13.9. The van der Waals surface area contributed by atoms with Crippen molar-refractivity contribution < 1.29 is 9.53 Å². The molecule has 1 aliphatic heterocycles. The van der Waals surface area contributed by atoms with E-state index in [9.17, 15) is 4.79 Å². The van der Waals surface area contributed by atoms with Crippen molar-refractivity contribution in [3.8, 4) is 0 Å². The fourth-order valence-corrected chi connectivity index (χ4v) is 2.52. The lowest BCUT2D eigenvalue weighted by molar-refractivity contribution is 0.00728. The molecule has 0 spiro atoms. The lowest BCUT2D eigenvalue weighted by Gasteiger charge is -2.32. The zero-order valence-corrected chi connectivity index (χ0v) is 11.7. The first-order valence-electron chi connectivity index (χ1n) is 6.88. The third-order valence-electron chi connectivity index (χ3n) is 3.51. The lowest BCUT2D eigenvalue weighted by atomic mass is 10.0. The second-order valence-corrected chi connectivity index (χ2v) is 5.06. The van der Waals surface area contributed by atoms with Crippen molar-refractivity contribution in [2.75, 3.05) is 25.4 Å². The number of likely N-dealkylation sites (tertiary alicyclic amines) is 1. The Labute approximate surface area is 114 Å². The molecular weight excluding hydrogens is 240 g/mol. The van der Waals surface area contributed by atoms with Crippen LogP contribution in [0.25, 0.3) is 0 Å². The van der Waals surface area contributed by atoms with Crippen LogP contribution in [0.1, 0.15) is 35.7 Å². The number of hydrogen-bond donors (Lipinski definition) is 1. The molecule has 1 unspecified atom stereocenters. The smallest absolute Gasteiger partial charge is 0.256 e. The van der Waals surface area contributed by atoms with E-state index in [-0.39, 0.29) is 12.0 Å². The number of amides is 1. The summed E-state index contributed by atoms with van der Waals surface area (Å²) in [6.07, 6.45) is 2.18. The second kappa shape index (κ2) is 6.06. The predicted octanol–water partition coefficient (Wildman–Crippen LogP) is 2.22. The highest BCUT2D eigenvalue weighted by Gasteiger charge is 2.25. The molecular formula is C15H22N2O2. The molecule has 1 aromatic rings. The Morgan fingerprint density at radius 3 is 3.05 bits per heavy atom. The molecule has 2 N–H and O–H groups in total. The van der Waals surface area contributed by atoms with Crippen LogP contribution in [0.2, 0.25) is 0 Å². The molecule has 1 atom stereocenters. The standard InChI is InChI=1S/C15H22N2O2/c1-3-19-12-5-4-8-17(10-12)15(18)13-9-11(2)6-7-14(13)16/h6-7,9,12H,3-5,8,10,16H2,1-2H3. The largest absolute Gasteiger partial charge is 0.398 e. The zero-order chi connectivity index (χ0) is 13.8. The molecule has 4 nitrogen and oxygen atoms in total. The second-order valence-electron chi connectivity index (χ2n) is 5.06. The highest BCUT2D eigenvalue weighted by molar-refractivity contribution is 5.99. The van der Waals surface area contributed by atoms with Gasteiger partial charge in [-0.25, -0.2) is 0 Å². The summed E-state index contributed by atoms with van der Waals surface area (Å²) in [6.45, 7) is 6.10. The number of piperidine rings is 1. The van der Waals surface area contributed by atoms with Gasteiger partial charge in [0, 0.05) is 25.4 Å². The molecule has 0 aromatic heterocycles. The van der Waals surface area contributed by atoms with Gasteiger partial charge in [-0.1, -0.05) is 11.6 Å². The summed E-state index contributed by atoms with van der Waals surface area (Å²) in [7, 11) is 0. The third-order valence-corrected chi connectivity index (χ3v) is 3.51. The minimum atomic E-state index is 0.0191. The van der Waals surface area contributed by atoms with E-state index < -0.39 is 0 Å². The first-order chi connectivity index (χ1) is 9.11. The van der Waals surface area contributed by atoms with E-state index in [1.807, 2.05) is 30.9 Å². The number of nitrogens with zero attached hydrogens (tertiary/aromatic N) is 1. The Kier molecular flexibility index (Phi) is 4.43. The van der Waals surface area contributed by atoms with Crippen LogP contribution in [0.4, 0.5) is 5.69 Å². The molecule has 104 valence electrons. The van der Waals surface area contributed by atoms with Crippen LogP contribution in [-0.2, 0) is 4.74 Å². The molecule has 1 fully saturated rings. The Bertz CT molecular complexity index is 457. The number of rotatable bonds is 3. The molecule has 0 saturated carbocycles. The van der Waals surface area contributed by atoms with Crippen molar-refractivity contribution in [2.45, 2.75) is 32.8 Å². The maximum Gasteiger partial charge on any atom is 0.256 e. The van der Waals surface area contributed by atoms with Crippen LogP contribution in [0.5, 0.6) is 0 Å². The van der Waals surface area contributed by atoms with Crippen molar-refractivity contribution in [2.24, 2.45) is 0 Å². The van der Waals surface area contributed by atoms with Gasteiger partial charge in [-0.05, 0) is 38.8 Å². The fraction of sp³-hybridized carbons (Fsp3) is 0.533. The van der Waals surface area contributed by atoms with Crippen LogP contribution in [-0.4, -0.2) is 36.6 Å². The molecule has 19 heavy (non-hydrogen) atoms. The van der Waals surface area contributed by atoms with Crippen LogP contribution in [0, 0.1) is 6.92 Å². The Morgan fingerprint density at radius 2 is 2.32 bits per heavy atom. The molecule has 1 saturated heterocycles. The topological polar surface area (TPSA) is 55.6 Å². The number of anilines is 1. The predicted molar refractivity (Wildman–Crippen MR) is 76.1 cm³/mol. The SMILES string of the molecule is CCOC1CCCN(C(=O)c2cc(C)ccc2N)C1. The molecule has 0 radical (unpaired) electrons. The normalized spacial score (nSPS) is 19.5. The molecule has 2 rings (SSSR count). The molecule has 0 aliphatic carbocycles. The van der Waals surface area contributed by atoms with Gasteiger partial charge in [0.05, 0.1) is 11.7 Å². The van der Waals surface area contributed by atoms with Crippen molar-refractivity contribution in [3.63, 3.8) is 0 Å². The number of nitrogen functional groups attached to an aromatic ring is 1. The summed E-state index contributed by atoms with van der Waals surface area (Å²) in [4.78, 5) is 14.4. The average Bonchev–Trinajstić information content (AvgIpc) is 2.41. The van der Waals surface area contributed by atoms with Crippen LogP contribution < -0.4 is 5.73 Å². The van der Waals surface area contributed by atoms with Gasteiger partial charge >= 0.3 is 0 Å². The summed E-state index contributed by atoms with van der Waals surface area (Å²) in [5.74, 6) is 0.0191. The molecule has 0 bridgehead atoms. The number of ether oxygens (including phenoxy) is 1. The van der Waals surface area contributed by atoms with Gasteiger partial charge in [0.1, 0.15) is 0 Å². The highest BCUT2D eigenvalue weighted by Crippen LogP contribution is 2.20. The molecule has 1 heterocycles. The number of benzene rings is 1. The summed E-state index contributed by atoms with van der Waals surface area (Å²) in [5.41, 5.74) is 8.12. The van der Waals surface area contributed by atoms with Crippen LogP contribution in [0.15, 0.2) is 18.2 Å². The molecule has 1 aromatic carbocycles. The summed E-state index contributed by atoms with van der Waals surface area (Å²) >= 11 is 0. The monoisotopic (exact) mass is 262 g/mol. The maximum atomic E-state index is 12.5. The van der Waals surface area contributed by atoms with E-state index >= 15 is 0 Å². The van der Waals surface area contributed by atoms with Gasteiger partial charge in [0.25, 0.3) is 5.91 Å². The van der Waals surface area contributed by atoms with Crippen LogP contribution >= 0.6 is 0 Å². The Morgan fingerprint density at radius 1 is 1.53 bits per heavy atom. The number of carbonyl (C=O) groups is 1. The van der Waals surface area contributed by atoms with E-state index in [1.54, 1.807) is 6.07 Å². The first-order valence-corrected chi connectivity index (χ1v) is 6.88. The van der Waals surface area contributed by atoms with Gasteiger partial charge in [-0.2, -0.15) is 0 Å². The number of aryl methyl sites for hydroxylation is 1. The van der Waals surface area contributed by atoms with E-state index in [2.05, 4.69) is 0 Å². The van der Waals surface area contributed by atoms with Gasteiger partial charge < -0.3 is 15.4 Å². The Balaban J connectivity index is 2.12. The van der Waals surface area contributed by atoms with Crippen molar-refractivity contribution in [1.29, 1.82) is 0 Å². The number of hydrogen-bond acceptors (Lipinski definition) is 3. The summed E-state index contributed by atoms with van der Waals surface area (Å²) < 4.78 is 5.63. The fourth-order valence-electron chi connectivity index (χ4n) is 2.52. The summed E-state index contributed by atoms with van der Waals surface area (Å²) in [6, 6.07) is 5.58. The van der Waals surface area contributed by atoms with Crippen molar-refractivity contribution >= 4 is 11.6 Å². The quantitative estimate of drug-likeness (QED) is 0.850. The van der Waals surface area contributed by atoms with E-state index in [0.717, 1.165) is 24.9 Å². The van der Waals surface area contributed by atoms with Gasteiger partial charge in [0.2, 0.25) is 0 Å². The van der Waals surface area contributed by atoms with E-state index in [0.29, 0.717) is 24.4 Å². The maximum absolute atomic E-state index is 12.5. The van der Waals surface area contributed by atoms with Crippen molar-refractivity contribution in [3.05, 3.63) is 29.3 Å². The minimum Gasteiger partial charge on any atom is -0.398 e. The van der Waals surface area contributed by atoms with E-state index in [1.165, 1.54) is 0 Å². The van der Waals surface area contributed by atoms with Gasteiger partial charge in [-0.15, -0.1) is 0 Å². The molecule has 1 aliphatic rings. The van der Waals surface area contributed by atoms with E-state index in [4.69, 9.17) is 10.5 Å². The molecule has 4 heteroatoms. The molecule has 1 amide bonds. The summed E-state index contributed by atoms with van der Waals surface area (Å²) in [5, 5.41) is 0.